The molecule has 0 saturated carbocycles. The van der Waals surface area contributed by atoms with Crippen molar-refractivity contribution in [3.8, 4) is 0 Å². The highest BCUT2D eigenvalue weighted by atomic mass is 32.2. The Morgan fingerprint density at radius 3 is 0.567 bits per heavy atom. The molecule has 30 saturated heterocycles. The third-order valence-electron chi connectivity index (χ3n) is 18.5. The van der Waals surface area contributed by atoms with Gasteiger partial charge in [0, 0.05) is 0 Å². The molecule has 23 N–H and O–H groups in total. The van der Waals surface area contributed by atoms with E-state index >= 15 is 0 Å². The molecular formula is C55H86O41S. The molecule has 41 nitrogen and oxygen atoms in total. The van der Waals surface area contributed by atoms with Gasteiger partial charge in [-0.1, -0.05) is 17.7 Å². The highest BCUT2D eigenvalue weighted by Gasteiger charge is 2.61. The molecule has 42 heteroatoms. The van der Waals surface area contributed by atoms with Crippen LogP contribution in [0.1, 0.15) is 5.56 Å². The van der Waals surface area contributed by atoms with Crippen LogP contribution in [0.25, 0.3) is 0 Å². The normalized spacial score (nSPS) is 51.5. The number of sulfone groups is 1. The fourth-order valence-corrected chi connectivity index (χ4v) is 14.4. The molecule has 30 aliphatic rings. The fourth-order valence-electron chi connectivity index (χ4n) is 12.9. The second-order valence-corrected chi connectivity index (χ2v) is 26.9. The average Bonchev–Trinajstić information content (AvgIpc) is 0.779. The first-order valence-corrected chi connectivity index (χ1v) is 32.6. The Morgan fingerprint density at radius 2 is 0.402 bits per heavy atom. The topological polar surface area (TPSA) is 647 Å². The number of hydrogen-bond acceptors (Lipinski definition) is 41. The molecule has 0 unspecified atom stereocenters. The van der Waals surface area contributed by atoms with E-state index in [2.05, 4.69) is 0 Å². The lowest BCUT2D eigenvalue weighted by Crippen LogP contribution is -2.69. The highest BCUT2D eigenvalue weighted by Crippen LogP contribution is 2.40. The monoisotopic (exact) mass is 1430 g/mol. The van der Waals surface area contributed by atoms with E-state index in [0.29, 0.717) is 5.56 Å². The number of aliphatic hydroxyl groups is 23. The summed E-state index contributed by atoms with van der Waals surface area (Å²) in [7, 11) is -4.56. The van der Waals surface area contributed by atoms with Gasteiger partial charge in [-0.15, -0.1) is 0 Å². The molecule has 30 aliphatic heterocycles. The van der Waals surface area contributed by atoms with Crippen LogP contribution >= 0.6 is 0 Å². The summed E-state index contributed by atoms with van der Waals surface area (Å²) in [6.07, 6.45) is -84.7. The van der Waals surface area contributed by atoms with Gasteiger partial charge >= 0.3 is 0 Å². The summed E-state index contributed by atoms with van der Waals surface area (Å²) >= 11 is 0. The SMILES string of the molecule is Cc1ccc(S(=O)(=O)C[C@H]2O[C@@H]3O[C@H]4[C@H](O)[C@@H](O)[C@@H](O[C@H]5[C@H](O)[C@@H](O)[C@@H](O[C@H]6[C@H](O)[C@@H](O)[C@@H](O[C@H]7[C@H](O)[C@@H](O)[C@@H](O[C@H]8[C@H](O)[C@@H](O)[C@@H](O[C@H]9[C@H](O)[C@@H](O)[C@@H](O[C@H]%10[C@H](O)[C@@H](O)[C@@H](O[C@H]2[C@H](O)[C@H]3O)O[C@@H]%10CO)O[C@@H]9CO)O[C@@H]8CO)O[C@@H]7CO)O[C@@H]6CO)O[C@@H]5CO)O[C@@H]4CO)cc1. The van der Waals surface area contributed by atoms with E-state index < -0.39 is 307 Å². The Morgan fingerprint density at radius 1 is 0.247 bits per heavy atom. The van der Waals surface area contributed by atoms with Crippen molar-refractivity contribution in [3.05, 3.63) is 29.8 Å². The molecule has 0 spiro atoms. The van der Waals surface area contributed by atoms with Crippen LogP contribution in [-0.4, -0.2) is 424 Å². The van der Waals surface area contributed by atoms with E-state index in [1.807, 2.05) is 0 Å². The van der Waals surface area contributed by atoms with Crippen molar-refractivity contribution >= 4 is 9.84 Å². The zero-order valence-electron chi connectivity index (χ0n) is 51.1. The molecule has 0 aliphatic carbocycles. The predicted octanol–water partition coefficient (Wildman–Crippen LogP) is -15.6. The largest absolute Gasteiger partial charge is 0.394 e. The minimum absolute atomic E-state index is 0.318. The van der Waals surface area contributed by atoms with Crippen LogP contribution in [0.3, 0.4) is 0 Å². The standard InChI is InChI=1S/C55H86O41S/c1-14-2-4-15(5-3-14)97(79,80)13-23-47-31(70)39(78)55(88-23)95-46-22(12-62)86-53(37(76)29(46)68)93-44-20(10-60)84-51(35(74)27(44)66)91-42-18(8-58)82-49(33(72)25(42)64)89-40-16(6-56)81-48(32(71)24(40)63)90-41-17(7-57)83-50(34(73)26(41)65)92-43-19(9-59)85-52(36(75)28(43)67)94-45-21(11-61)87-54(96-47)38(77)30(45)69/h2-5,16-78H,6-13H2,1H3/t16-,17-,18-,19-,20-,21-,22-,23-,24-,25-,26-,27-,28-,29-,30-,31-,32-,33-,34-,35-,36-,37-,38-,39-,40-,41-,42-,43-,44-,45-,46-,47-,48-,49-,50-,51-,52-,53-,54-,55-/m1/s1. The van der Waals surface area contributed by atoms with Crippen LogP contribution in [0.5, 0.6) is 0 Å². The quantitative estimate of drug-likeness (QED) is 0.103. The van der Waals surface area contributed by atoms with Crippen molar-refractivity contribution in [1.82, 2.24) is 0 Å². The molecular weight excluding hydrogens is 1350 g/mol. The van der Waals surface area contributed by atoms with Crippen LogP contribution in [0, 0.1) is 6.92 Å². The molecule has 30 heterocycles. The predicted molar refractivity (Wildman–Crippen MR) is 297 cm³/mol. The molecule has 40 atom stereocenters. The van der Waals surface area contributed by atoms with Crippen molar-refractivity contribution in [2.24, 2.45) is 0 Å². The maximum absolute atomic E-state index is 14.1. The number of hydrogen-bond donors (Lipinski definition) is 23. The average molecular weight is 1440 g/mol. The van der Waals surface area contributed by atoms with Gasteiger partial charge < -0.3 is 193 Å². The molecule has 1 aromatic carbocycles. The van der Waals surface area contributed by atoms with Crippen LogP contribution in [-0.2, 0) is 85.6 Å². The molecule has 0 aromatic heterocycles. The smallest absolute Gasteiger partial charge is 0.187 e. The van der Waals surface area contributed by atoms with Gasteiger partial charge in [0.2, 0.25) is 0 Å². The second kappa shape index (κ2) is 32.3. The van der Waals surface area contributed by atoms with E-state index in [1.54, 1.807) is 6.92 Å². The Labute approximate surface area is 549 Å². The maximum Gasteiger partial charge on any atom is 0.187 e. The van der Waals surface area contributed by atoms with Crippen LogP contribution < -0.4 is 0 Å². The molecule has 31 rings (SSSR count). The van der Waals surface area contributed by atoms with Gasteiger partial charge in [-0.25, -0.2) is 8.42 Å². The van der Waals surface area contributed by atoms with Gasteiger partial charge in [0.05, 0.1) is 56.9 Å². The lowest BCUT2D eigenvalue weighted by atomic mass is 9.95. The summed E-state index contributed by atoms with van der Waals surface area (Å²) in [6.45, 7) is -6.16. The fraction of sp³-hybridized carbons (Fsp3) is 0.891. The van der Waals surface area contributed by atoms with Crippen molar-refractivity contribution in [2.45, 2.75) is 257 Å². The van der Waals surface area contributed by atoms with Gasteiger partial charge in [-0.3, -0.25) is 0 Å². The summed E-state index contributed by atoms with van der Waals surface area (Å²) in [4.78, 5) is -0.318. The van der Waals surface area contributed by atoms with Gasteiger partial charge in [0.15, 0.2) is 60.2 Å². The Kier molecular flexibility index (Phi) is 25.7. The molecule has 0 amide bonds. The van der Waals surface area contributed by atoms with Crippen molar-refractivity contribution in [3.63, 3.8) is 0 Å². The zero-order valence-corrected chi connectivity index (χ0v) is 51.9. The van der Waals surface area contributed by atoms with Crippen molar-refractivity contribution in [1.29, 1.82) is 0 Å². The summed E-state index contributed by atoms with van der Waals surface area (Å²) in [5, 5.41) is 258. The lowest BCUT2D eigenvalue weighted by Gasteiger charge is -2.50. The summed E-state index contributed by atoms with van der Waals surface area (Å²) in [6, 6.07) is 5.32. The molecule has 1 aromatic rings. The zero-order chi connectivity index (χ0) is 70.5. The number of benzene rings is 1. The summed E-state index contributed by atoms with van der Waals surface area (Å²) in [5.41, 5.74) is 0.632. The Balaban J connectivity index is 0.942. The Bertz CT molecular complexity index is 2730. The molecule has 30 fully saturated rings. The van der Waals surface area contributed by atoms with E-state index in [-0.39, 0.29) is 4.90 Å². The highest BCUT2D eigenvalue weighted by molar-refractivity contribution is 7.91. The van der Waals surface area contributed by atoms with Gasteiger partial charge in [-0.05, 0) is 19.1 Å². The number of ether oxygens (including phenoxy) is 16. The summed E-state index contributed by atoms with van der Waals surface area (Å²) < 4.78 is 121. The molecule has 97 heavy (non-hydrogen) atoms. The van der Waals surface area contributed by atoms with Crippen molar-refractivity contribution < 1.29 is 202 Å². The van der Waals surface area contributed by atoms with E-state index in [0.717, 1.165) is 0 Å². The first-order chi connectivity index (χ1) is 46.0. The van der Waals surface area contributed by atoms with Gasteiger partial charge in [-0.2, -0.15) is 0 Å². The number of aliphatic hydroxyl groups excluding tert-OH is 23. The van der Waals surface area contributed by atoms with E-state index in [1.165, 1.54) is 24.3 Å². The minimum Gasteiger partial charge on any atom is -0.394 e. The van der Waals surface area contributed by atoms with Crippen LogP contribution in [0.15, 0.2) is 29.2 Å². The molecule has 16 bridgehead atoms. The second-order valence-electron chi connectivity index (χ2n) is 24.9. The summed E-state index contributed by atoms with van der Waals surface area (Å²) in [5.74, 6) is -1.17. The van der Waals surface area contributed by atoms with E-state index in [9.17, 15) is 126 Å². The first kappa shape index (κ1) is 77.2. The third kappa shape index (κ3) is 15.6. The first-order valence-electron chi connectivity index (χ1n) is 31.0. The van der Waals surface area contributed by atoms with Crippen LogP contribution in [0.4, 0.5) is 0 Å². The minimum atomic E-state index is -4.56. The van der Waals surface area contributed by atoms with Gasteiger partial charge in [0.1, 0.15) is 195 Å². The van der Waals surface area contributed by atoms with Crippen LogP contribution in [0.2, 0.25) is 0 Å². The number of aryl methyl sites for hydroxylation is 1. The Hall–Kier alpha value is -2.39. The lowest BCUT2D eigenvalue weighted by molar-refractivity contribution is -0.403. The maximum atomic E-state index is 14.1. The van der Waals surface area contributed by atoms with Gasteiger partial charge in [0.25, 0.3) is 0 Å². The van der Waals surface area contributed by atoms with E-state index in [4.69, 9.17) is 75.8 Å². The molecule has 558 valence electrons. The van der Waals surface area contributed by atoms with Crippen molar-refractivity contribution in [2.75, 3.05) is 52.0 Å². The molecule has 0 radical (unpaired) electrons. The third-order valence-corrected chi connectivity index (χ3v) is 20.2. The number of rotatable bonds is 10.